The first-order chi connectivity index (χ1) is 8.83. The number of methoxy groups -OCH3 is 1. The molecule has 1 aliphatic rings. The molecule has 0 radical (unpaired) electrons. The second kappa shape index (κ2) is 6.42. The highest BCUT2D eigenvalue weighted by molar-refractivity contribution is 5.33. The average molecular weight is 244 g/mol. The normalized spacial score (nSPS) is 17.3. The lowest BCUT2D eigenvalue weighted by Crippen LogP contribution is -2.34. The van der Waals surface area contributed by atoms with E-state index in [4.69, 9.17) is 10.00 Å². The molecule has 2 rings (SSSR count). The highest BCUT2D eigenvalue weighted by Crippen LogP contribution is 2.26. The summed E-state index contributed by atoms with van der Waals surface area (Å²) in [7, 11) is 1.73. The minimum atomic E-state index is 0.571. The lowest BCUT2D eigenvalue weighted by Gasteiger charge is -2.30. The predicted molar refractivity (Wildman–Crippen MR) is 71.5 cm³/mol. The van der Waals surface area contributed by atoms with Crippen LogP contribution in [0.1, 0.15) is 18.4 Å². The summed E-state index contributed by atoms with van der Waals surface area (Å²) >= 11 is 0. The summed E-state index contributed by atoms with van der Waals surface area (Å²) in [5, 5.41) is 8.68. The van der Waals surface area contributed by atoms with Gasteiger partial charge in [0, 0.05) is 0 Å². The fraction of sp³-hybridized carbons (Fsp3) is 0.533. The maximum absolute atomic E-state index is 8.68. The Labute approximate surface area is 109 Å². The van der Waals surface area contributed by atoms with Crippen LogP contribution in [0, 0.1) is 17.2 Å². The van der Waals surface area contributed by atoms with E-state index in [1.165, 1.54) is 18.4 Å². The molecule has 1 fully saturated rings. The van der Waals surface area contributed by atoms with E-state index < -0.39 is 0 Å². The van der Waals surface area contributed by atoms with E-state index in [0.29, 0.717) is 6.54 Å². The highest BCUT2D eigenvalue weighted by atomic mass is 16.5. The maximum Gasteiger partial charge on any atom is 0.122 e. The van der Waals surface area contributed by atoms with Crippen molar-refractivity contribution in [3.63, 3.8) is 0 Å². The molecule has 3 nitrogen and oxygen atoms in total. The summed E-state index contributed by atoms with van der Waals surface area (Å²) < 4.78 is 5.39. The largest absolute Gasteiger partial charge is 0.496 e. The first-order valence-electron chi connectivity index (χ1n) is 6.54. The number of ether oxygens (including phenoxy) is 1. The highest BCUT2D eigenvalue weighted by Gasteiger charge is 2.20. The van der Waals surface area contributed by atoms with E-state index in [-0.39, 0.29) is 0 Å². The molecule has 1 aromatic rings. The topological polar surface area (TPSA) is 36.3 Å². The van der Waals surface area contributed by atoms with Gasteiger partial charge in [0.1, 0.15) is 5.75 Å². The van der Waals surface area contributed by atoms with Crippen LogP contribution in [0.4, 0.5) is 0 Å². The molecule has 1 aliphatic heterocycles. The Hall–Kier alpha value is -1.53. The quantitative estimate of drug-likeness (QED) is 0.763. The molecular formula is C15H20N2O. The van der Waals surface area contributed by atoms with E-state index in [2.05, 4.69) is 23.1 Å². The molecule has 0 saturated carbocycles. The molecule has 0 atom stereocenters. The van der Waals surface area contributed by atoms with Crippen molar-refractivity contribution in [3.05, 3.63) is 29.8 Å². The second-order valence-electron chi connectivity index (χ2n) is 4.89. The van der Waals surface area contributed by atoms with Crippen LogP contribution in [0.5, 0.6) is 5.75 Å². The van der Waals surface area contributed by atoms with E-state index in [1.54, 1.807) is 7.11 Å². The van der Waals surface area contributed by atoms with E-state index in [9.17, 15) is 0 Å². The Balaban J connectivity index is 1.90. The summed E-state index contributed by atoms with van der Waals surface area (Å²) in [6, 6.07) is 10.5. The number of piperidine rings is 1. The molecule has 1 saturated heterocycles. The smallest absolute Gasteiger partial charge is 0.122 e. The van der Waals surface area contributed by atoms with Crippen molar-refractivity contribution < 1.29 is 4.74 Å². The van der Waals surface area contributed by atoms with Crippen LogP contribution in [-0.2, 0) is 6.42 Å². The molecule has 0 bridgehead atoms. The standard InChI is InChI=1S/C15H20N2O/c1-18-15-5-3-2-4-14(15)12-13-6-9-17(10-7-13)11-8-16/h2-5,13H,6-7,9-12H2,1H3. The van der Waals surface area contributed by atoms with Gasteiger partial charge in [-0.2, -0.15) is 5.26 Å². The Morgan fingerprint density at radius 3 is 2.72 bits per heavy atom. The van der Waals surface area contributed by atoms with Crippen molar-refractivity contribution in [2.45, 2.75) is 19.3 Å². The van der Waals surface area contributed by atoms with Crippen LogP contribution in [0.2, 0.25) is 0 Å². The molecule has 0 aromatic heterocycles. The second-order valence-corrected chi connectivity index (χ2v) is 4.89. The Bertz CT molecular complexity index is 417. The number of benzene rings is 1. The summed E-state index contributed by atoms with van der Waals surface area (Å²) in [4.78, 5) is 2.23. The van der Waals surface area contributed by atoms with E-state index >= 15 is 0 Å². The molecule has 0 N–H and O–H groups in total. The number of likely N-dealkylation sites (tertiary alicyclic amines) is 1. The lowest BCUT2D eigenvalue weighted by atomic mass is 9.90. The first-order valence-corrected chi connectivity index (χ1v) is 6.54. The fourth-order valence-corrected chi connectivity index (χ4v) is 2.63. The fourth-order valence-electron chi connectivity index (χ4n) is 2.63. The molecule has 96 valence electrons. The van der Waals surface area contributed by atoms with Crippen LogP contribution < -0.4 is 4.74 Å². The third-order valence-electron chi connectivity index (χ3n) is 3.70. The zero-order valence-electron chi connectivity index (χ0n) is 10.9. The number of nitriles is 1. The van der Waals surface area contributed by atoms with E-state index in [1.807, 2.05) is 12.1 Å². The van der Waals surface area contributed by atoms with Gasteiger partial charge in [0.2, 0.25) is 0 Å². The Kier molecular flexibility index (Phi) is 4.60. The predicted octanol–water partition coefficient (Wildman–Crippen LogP) is 2.47. The van der Waals surface area contributed by atoms with Gasteiger partial charge < -0.3 is 4.74 Å². The monoisotopic (exact) mass is 244 g/mol. The minimum Gasteiger partial charge on any atom is -0.496 e. The molecule has 1 heterocycles. The van der Waals surface area contributed by atoms with Gasteiger partial charge in [0.15, 0.2) is 0 Å². The van der Waals surface area contributed by atoms with Crippen molar-refractivity contribution in [2.75, 3.05) is 26.7 Å². The maximum atomic E-state index is 8.68. The number of para-hydroxylation sites is 1. The number of hydrogen-bond donors (Lipinski definition) is 0. The van der Waals surface area contributed by atoms with Crippen LogP contribution >= 0.6 is 0 Å². The van der Waals surface area contributed by atoms with Gasteiger partial charge in [-0.25, -0.2) is 0 Å². The van der Waals surface area contributed by atoms with Gasteiger partial charge in [-0.1, -0.05) is 18.2 Å². The van der Waals surface area contributed by atoms with Crippen molar-refractivity contribution in [2.24, 2.45) is 5.92 Å². The van der Waals surface area contributed by atoms with Crippen LogP contribution in [-0.4, -0.2) is 31.6 Å². The molecule has 0 unspecified atom stereocenters. The summed E-state index contributed by atoms with van der Waals surface area (Å²) in [5.41, 5.74) is 1.30. The zero-order chi connectivity index (χ0) is 12.8. The van der Waals surface area contributed by atoms with Gasteiger partial charge in [0.05, 0.1) is 19.7 Å². The zero-order valence-corrected chi connectivity index (χ0v) is 10.9. The molecule has 18 heavy (non-hydrogen) atoms. The third kappa shape index (κ3) is 3.24. The van der Waals surface area contributed by atoms with Gasteiger partial charge >= 0.3 is 0 Å². The van der Waals surface area contributed by atoms with Crippen LogP contribution in [0.25, 0.3) is 0 Å². The van der Waals surface area contributed by atoms with E-state index in [0.717, 1.165) is 31.2 Å². The number of hydrogen-bond acceptors (Lipinski definition) is 3. The summed E-state index contributed by atoms with van der Waals surface area (Å²) in [6.45, 7) is 2.67. The lowest BCUT2D eigenvalue weighted by molar-refractivity contribution is 0.201. The van der Waals surface area contributed by atoms with Crippen molar-refractivity contribution in [1.82, 2.24) is 4.90 Å². The van der Waals surface area contributed by atoms with Crippen molar-refractivity contribution >= 4 is 0 Å². The Morgan fingerprint density at radius 2 is 2.06 bits per heavy atom. The van der Waals surface area contributed by atoms with Crippen molar-refractivity contribution in [1.29, 1.82) is 5.26 Å². The molecule has 0 amide bonds. The molecular weight excluding hydrogens is 224 g/mol. The van der Waals surface area contributed by atoms with Gasteiger partial charge in [-0.3, -0.25) is 4.90 Å². The first kappa shape index (κ1) is 12.9. The summed E-state index contributed by atoms with van der Waals surface area (Å²) in [5.74, 6) is 1.72. The van der Waals surface area contributed by atoms with Crippen molar-refractivity contribution in [3.8, 4) is 11.8 Å². The molecule has 0 aliphatic carbocycles. The number of nitrogens with zero attached hydrogens (tertiary/aromatic N) is 2. The average Bonchev–Trinajstić information content (AvgIpc) is 2.42. The molecule has 1 aromatic carbocycles. The number of rotatable bonds is 4. The van der Waals surface area contributed by atoms with Gasteiger partial charge in [-0.05, 0) is 49.9 Å². The van der Waals surface area contributed by atoms with Crippen LogP contribution in [0.15, 0.2) is 24.3 Å². The molecule has 3 heteroatoms. The summed E-state index contributed by atoms with van der Waals surface area (Å²) in [6.07, 6.45) is 3.45. The van der Waals surface area contributed by atoms with Gasteiger partial charge in [0.25, 0.3) is 0 Å². The van der Waals surface area contributed by atoms with Gasteiger partial charge in [-0.15, -0.1) is 0 Å². The Morgan fingerprint density at radius 1 is 1.33 bits per heavy atom. The van der Waals surface area contributed by atoms with Crippen LogP contribution in [0.3, 0.4) is 0 Å². The minimum absolute atomic E-state index is 0.571. The molecule has 0 spiro atoms. The third-order valence-corrected chi connectivity index (χ3v) is 3.70. The SMILES string of the molecule is COc1ccccc1CC1CCN(CC#N)CC1.